The number of carboxylic acid groups (broad SMARTS) is 1. The molecule has 0 unspecified atom stereocenters. The number of amides is 1. The van der Waals surface area contributed by atoms with Gasteiger partial charge < -0.3 is 20.5 Å². The second-order valence-electron chi connectivity index (χ2n) is 6.64. The zero-order valence-electron chi connectivity index (χ0n) is 16.3. The van der Waals surface area contributed by atoms with Crippen molar-refractivity contribution in [3.63, 3.8) is 0 Å². The standard InChI is InChI=1S/C21H19N5O4/c1-12-17(19(27)25-15-9-5-6-10-16(15)30-2)18(26-21(24-12)22-11-23-26)13-7-3-4-8-14(13)20(28)29/h3-11,18H,1-2H3,(H,25,27)(H,28,29)(H,22,23,24)/t18-/m0/s1. The fraction of sp³-hybridized carbons (Fsp3) is 0.143. The molecule has 1 aromatic heterocycles. The van der Waals surface area contributed by atoms with Crippen LogP contribution in [-0.2, 0) is 4.79 Å². The van der Waals surface area contributed by atoms with Crippen LogP contribution in [0.15, 0.2) is 66.1 Å². The SMILES string of the molecule is COc1ccccc1NC(=O)C1=C(C)Nc2ncnn2[C@H]1c1ccccc1C(=O)O. The summed E-state index contributed by atoms with van der Waals surface area (Å²) in [6, 6.07) is 12.8. The highest BCUT2D eigenvalue weighted by Gasteiger charge is 2.35. The molecule has 30 heavy (non-hydrogen) atoms. The van der Waals surface area contributed by atoms with Gasteiger partial charge in [-0.05, 0) is 30.7 Å². The Bertz CT molecular complexity index is 1170. The fourth-order valence-electron chi connectivity index (χ4n) is 3.54. The molecule has 0 aliphatic carbocycles. The molecule has 1 aliphatic heterocycles. The highest BCUT2D eigenvalue weighted by atomic mass is 16.5. The van der Waals surface area contributed by atoms with Gasteiger partial charge in [-0.3, -0.25) is 4.79 Å². The van der Waals surface area contributed by atoms with Crippen molar-refractivity contribution in [2.75, 3.05) is 17.7 Å². The maximum atomic E-state index is 13.4. The third-order valence-corrected chi connectivity index (χ3v) is 4.88. The molecule has 2 heterocycles. The molecule has 0 saturated carbocycles. The Kier molecular flexibility index (Phi) is 4.93. The maximum Gasteiger partial charge on any atom is 0.336 e. The normalized spacial score (nSPS) is 15.2. The van der Waals surface area contributed by atoms with Gasteiger partial charge in [-0.15, -0.1) is 0 Å². The maximum absolute atomic E-state index is 13.4. The van der Waals surface area contributed by atoms with Crippen LogP contribution >= 0.6 is 0 Å². The minimum Gasteiger partial charge on any atom is -0.495 e. The molecule has 9 nitrogen and oxygen atoms in total. The molecule has 1 amide bonds. The molecule has 3 N–H and O–H groups in total. The number of hydrogen-bond acceptors (Lipinski definition) is 6. The zero-order chi connectivity index (χ0) is 21.3. The summed E-state index contributed by atoms with van der Waals surface area (Å²) in [5.41, 5.74) is 1.89. The lowest BCUT2D eigenvalue weighted by molar-refractivity contribution is -0.113. The number of carboxylic acids is 1. The van der Waals surface area contributed by atoms with Crippen molar-refractivity contribution in [1.82, 2.24) is 14.8 Å². The Balaban J connectivity index is 1.83. The quantitative estimate of drug-likeness (QED) is 0.597. The monoisotopic (exact) mass is 405 g/mol. The molecule has 1 aliphatic rings. The average molecular weight is 405 g/mol. The molecule has 9 heteroatoms. The molecule has 0 fully saturated rings. The van der Waals surface area contributed by atoms with E-state index >= 15 is 0 Å². The molecular weight excluding hydrogens is 386 g/mol. The van der Waals surface area contributed by atoms with Crippen LogP contribution in [-0.4, -0.2) is 38.9 Å². The summed E-state index contributed by atoms with van der Waals surface area (Å²) < 4.78 is 6.82. The van der Waals surface area contributed by atoms with Crippen LogP contribution in [0.4, 0.5) is 11.6 Å². The van der Waals surface area contributed by atoms with Gasteiger partial charge in [0.25, 0.3) is 5.91 Å². The van der Waals surface area contributed by atoms with Crippen molar-refractivity contribution in [3.05, 3.63) is 77.3 Å². The third kappa shape index (κ3) is 3.26. The van der Waals surface area contributed by atoms with Crippen molar-refractivity contribution in [3.8, 4) is 5.75 Å². The summed E-state index contributed by atoms with van der Waals surface area (Å²) in [5.74, 6) is -0.563. The number of anilines is 2. The van der Waals surface area contributed by atoms with Crippen molar-refractivity contribution in [2.45, 2.75) is 13.0 Å². The van der Waals surface area contributed by atoms with E-state index in [1.54, 1.807) is 49.4 Å². The average Bonchev–Trinajstić information content (AvgIpc) is 3.21. The van der Waals surface area contributed by atoms with Gasteiger partial charge in [-0.25, -0.2) is 9.48 Å². The summed E-state index contributed by atoms with van der Waals surface area (Å²) >= 11 is 0. The number of aromatic carboxylic acids is 1. The first-order valence-corrected chi connectivity index (χ1v) is 9.15. The Labute approximate surface area is 172 Å². The number of carbonyl (C=O) groups is 2. The number of para-hydroxylation sites is 2. The molecule has 1 atom stereocenters. The number of methoxy groups -OCH3 is 1. The fourth-order valence-corrected chi connectivity index (χ4v) is 3.54. The van der Waals surface area contributed by atoms with Gasteiger partial charge in [0.2, 0.25) is 5.95 Å². The molecule has 0 radical (unpaired) electrons. The number of hydrogen-bond donors (Lipinski definition) is 3. The molecule has 0 spiro atoms. The van der Waals surface area contributed by atoms with E-state index in [9.17, 15) is 14.7 Å². The van der Waals surface area contributed by atoms with Crippen molar-refractivity contribution >= 4 is 23.5 Å². The van der Waals surface area contributed by atoms with Crippen LogP contribution in [0.5, 0.6) is 5.75 Å². The molecular formula is C21H19N5O4. The summed E-state index contributed by atoms with van der Waals surface area (Å²) in [4.78, 5) is 29.4. The van der Waals surface area contributed by atoms with Crippen LogP contribution in [0.25, 0.3) is 0 Å². The predicted octanol–water partition coefficient (Wildman–Crippen LogP) is 2.91. The highest BCUT2D eigenvalue weighted by molar-refractivity contribution is 6.07. The lowest BCUT2D eigenvalue weighted by atomic mass is 9.91. The topological polar surface area (TPSA) is 118 Å². The van der Waals surface area contributed by atoms with Crippen molar-refractivity contribution < 1.29 is 19.4 Å². The summed E-state index contributed by atoms with van der Waals surface area (Å²) in [7, 11) is 1.52. The molecule has 152 valence electrons. The van der Waals surface area contributed by atoms with E-state index in [2.05, 4.69) is 20.7 Å². The lowest BCUT2D eigenvalue weighted by Crippen LogP contribution is -2.32. The first kappa shape index (κ1) is 19.2. The summed E-state index contributed by atoms with van der Waals surface area (Å²) in [6.45, 7) is 1.74. The van der Waals surface area contributed by atoms with Crippen LogP contribution in [0.3, 0.4) is 0 Å². The number of allylic oxidation sites excluding steroid dienone is 1. The van der Waals surface area contributed by atoms with E-state index in [-0.39, 0.29) is 5.56 Å². The van der Waals surface area contributed by atoms with Gasteiger partial charge in [0.15, 0.2) is 0 Å². The van der Waals surface area contributed by atoms with E-state index in [0.717, 1.165) is 0 Å². The van der Waals surface area contributed by atoms with Crippen LogP contribution in [0.1, 0.15) is 28.9 Å². The lowest BCUT2D eigenvalue weighted by Gasteiger charge is -2.29. The third-order valence-electron chi connectivity index (χ3n) is 4.88. The highest BCUT2D eigenvalue weighted by Crippen LogP contribution is 2.37. The van der Waals surface area contributed by atoms with Gasteiger partial charge in [-0.2, -0.15) is 10.1 Å². The van der Waals surface area contributed by atoms with Gasteiger partial charge in [0.1, 0.15) is 18.1 Å². The number of ether oxygens (including phenoxy) is 1. The summed E-state index contributed by atoms with van der Waals surface area (Å²) in [6.07, 6.45) is 1.35. The van der Waals surface area contributed by atoms with E-state index in [0.29, 0.717) is 34.2 Å². The van der Waals surface area contributed by atoms with E-state index < -0.39 is 17.9 Å². The van der Waals surface area contributed by atoms with Gasteiger partial charge in [0, 0.05) is 5.70 Å². The van der Waals surface area contributed by atoms with Crippen molar-refractivity contribution in [1.29, 1.82) is 0 Å². The number of benzene rings is 2. The Morgan fingerprint density at radius 2 is 1.90 bits per heavy atom. The van der Waals surface area contributed by atoms with Crippen LogP contribution < -0.4 is 15.4 Å². The van der Waals surface area contributed by atoms with Crippen LogP contribution in [0.2, 0.25) is 0 Å². The molecule has 3 aromatic rings. The molecule has 0 saturated heterocycles. The second-order valence-corrected chi connectivity index (χ2v) is 6.64. The van der Waals surface area contributed by atoms with E-state index in [4.69, 9.17) is 4.74 Å². The Morgan fingerprint density at radius 3 is 2.67 bits per heavy atom. The van der Waals surface area contributed by atoms with Crippen molar-refractivity contribution in [2.24, 2.45) is 0 Å². The zero-order valence-corrected chi connectivity index (χ0v) is 16.3. The van der Waals surface area contributed by atoms with E-state index in [1.807, 2.05) is 0 Å². The number of aromatic nitrogens is 3. The number of nitrogens with zero attached hydrogens (tertiary/aromatic N) is 3. The minimum absolute atomic E-state index is 0.0845. The van der Waals surface area contributed by atoms with Gasteiger partial charge in [0.05, 0.1) is 23.9 Å². The largest absolute Gasteiger partial charge is 0.495 e. The van der Waals surface area contributed by atoms with Crippen LogP contribution in [0, 0.1) is 0 Å². The first-order valence-electron chi connectivity index (χ1n) is 9.15. The second kappa shape index (κ2) is 7.70. The minimum atomic E-state index is -1.09. The molecule has 0 bridgehead atoms. The predicted molar refractivity (Wildman–Crippen MR) is 110 cm³/mol. The number of carbonyl (C=O) groups excluding carboxylic acids is 1. The Hall–Kier alpha value is -4.14. The Morgan fingerprint density at radius 1 is 1.17 bits per heavy atom. The van der Waals surface area contributed by atoms with E-state index in [1.165, 1.54) is 24.2 Å². The number of fused-ring (bicyclic) bond motifs is 1. The summed E-state index contributed by atoms with van der Waals surface area (Å²) in [5, 5.41) is 19.9. The van der Waals surface area contributed by atoms with Gasteiger partial charge in [-0.1, -0.05) is 30.3 Å². The molecule has 4 rings (SSSR count). The molecule has 2 aromatic carbocycles. The van der Waals surface area contributed by atoms with Gasteiger partial charge >= 0.3 is 5.97 Å². The smallest absolute Gasteiger partial charge is 0.336 e. The number of nitrogens with one attached hydrogen (secondary N) is 2. The first-order chi connectivity index (χ1) is 14.5. The number of rotatable bonds is 5.